The molecule has 0 aliphatic heterocycles. The van der Waals surface area contributed by atoms with E-state index in [4.69, 9.17) is 11.6 Å². The Morgan fingerprint density at radius 1 is 1.25 bits per heavy atom. The number of rotatable bonds is 6. The number of nitrogens with one attached hydrogen (secondary N) is 2. The summed E-state index contributed by atoms with van der Waals surface area (Å²) in [5.41, 5.74) is 0.154. The van der Waals surface area contributed by atoms with E-state index in [0.29, 0.717) is 19.0 Å². The van der Waals surface area contributed by atoms with Crippen molar-refractivity contribution in [3.05, 3.63) is 57.2 Å². The van der Waals surface area contributed by atoms with Crippen molar-refractivity contribution in [1.82, 2.24) is 10.6 Å². The topological polar surface area (TPSA) is 56.7 Å². The molecule has 24 heavy (non-hydrogen) atoms. The molecule has 2 aromatic rings. The zero-order valence-corrected chi connectivity index (χ0v) is 17.7. The summed E-state index contributed by atoms with van der Waals surface area (Å²) in [7, 11) is 0. The zero-order valence-electron chi connectivity index (χ0n) is 13.8. The highest BCUT2D eigenvalue weighted by atomic mass is 127. The van der Waals surface area contributed by atoms with Crippen LogP contribution in [-0.4, -0.2) is 24.2 Å². The average molecular weight is 480 g/mol. The van der Waals surface area contributed by atoms with Gasteiger partial charge in [0.1, 0.15) is 5.60 Å². The van der Waals surface area contributed by atoms with Gasteiger partial charge in [0, 0.05) is 16.4 Å². The molecular weight excluding hydrogens is 457 g/mol. The molecule has 1 aromatic heterocycles. The van der Waals surface area contributed by atoms with Crippen molar-refractivity contribution in [3.63, 3.8) is 0 Å². The highest BCUT2D eigenvalue weighted by Crippen LogP contribution is 2.24. The molecule has 0 saturated carbocycles. The van der Waals surface area contributed by atoms with E-state index in [0.717, 1.165) is 22.0 Å². The van der Waals surface area contributed by atoms with Crippen LogP contribution in [0.1, 0.15) is 24.3 Å². The third-order valence-corrected chi connectivity index (χ3v) is 4.70. The number of benzene rings is 1. The average Bonchev–Trinajstić information content (AvgIpc) is 3.07. The molecule has 0 fully saturated rings. The predicted octanol–water partition coefficient (Wildman–Crippen LogP) is 3.98. The molecule has 0 spiro atoms. The molecule has 3 N–H and O–H groups in total. The second-order valence-corrected chi connectivity index (χ2v) is 6.81. The summed E-state index contributed by atoms with van der Waals surface area (Å²) in [6.07, 6.45) is 0. The lowest BCUT2D eigenvalue weighted by atomic mass is 10.1. The molecule has 1 atom stereocenters. The molecule has 4 nitrogen and oxygen atoms in total. The molecule has 132 valence electrons. The Kier molecular flexibility index (Phi) is 9.04. The summed E-state index contributed by atoms with van der Waals surface area (Å²) in [6.45, 7) is 5.51. The maximum Gasteiger partial charge on any atom is 0.191 e. The van der Waals surface area contributed by atoms with Crippen molar-refractivity contribution in [2.45, 2.75) is 26.0 Å². The summed E-state index contributed by atoms with van der Waals surface area (Å²) < 4.78 is 0. The molecule has 1 unspecified atom stereocenters. The normalized spacial score (nSPS) is 13.8. The van der Waals surface area contributed by atoms with Crippen LogP contribution in [0.15, 0.2) is 46.8 Å². The maximum atomic E-state index is 10.6. The monoisotopic (exact) mass is 479 g/mol. The number of thiophene rings is 1. The first-order chi connectivity index (χ1) is 11.0. The quantitative estimate of drug-likeness (QED) is 0.334. The Balaban J connectivity index is 0.00000288. The lowest BCUT2D eigenvalue weighted by molar-refractivity contribution is 0.0655. The van der Waals surface area contributed by atoms with Crippen LogP contribution in [0.3, 0.4) is 0 Å². The Morgan fingerprint density at radius 2 is 1.96 bits per heavy atom. The standard InChI is InChI=1S/C17H22ClN3OS.HI/c1-3-19-16(20-11-13-6-8-14(18)9-7-13)21-12-17(2,22)15-5-4-10-23-15;/h4-10,22H,3,11-12H2,1-2H3,(H2,19,20,21);1H. The minimum absolute atomic E-state index is 0. The van der Waals surface area contributed by atoms with Crippen molar-refractivity contribution < 1.29 is 5.11 Å². The van der Waals surface area contributed by atoms with E-state index in [9.17, 15) is 5.11 Å². The maximum absolute atomic E-state index is 10.6. The Bertz CT molecular complexity index is 630. The van der Waals surface area contributed by atoms with E-state index < -0.39 is 5.60 Å². The van der Waals surface area contributed by atoms with Crippen LogP contribution in [0, 0.1) is 0 Å². The summed E-state index contributed by atoms with van der Waals surface area (Å²) >= 11 is 7.43. The Morgan fingerprint density at radius 3 is 2.54 bits per heavy atom. The molecular formula is C17H23ClIN3OS. The first-order valence-electron chi connectivity index (χ1n) is 7.54. The molecule has 2 rings (SSSR count). The van der Waals surface area contributed by atoms with Gasteiger partial charge in [-0.2, -0.15) is 0 Å². The number of aliphatic hydroxyl groups is 1. The zero-order chi connectivity index (χ0) is 16.7. The fraction of sp³-hybridized carbons (Fsp3) is 0.353. The van der Waals surface area contributed by atoms with Gasteiger partial charge < -0.3 is 15.7 Å². The number of guanidine groups is 1. The highest BCUT2D eigenvalue weighted by molar-refractivity contribution is 14.0. The van der Waals surface area contributed by atoms with Gasteiger partial charge in [-0.1, -0.05) is 29.8 Å². The first-order valence-corrected chi connectivity index (χ1v) is 8.80. The predicted molar refractivity (Wildman–Crippen MR) is 114 cm³/mol. The molecule has 0 aliphatic rings. The van der Waals surface area contributed by atoms with E-state index in [1.807, 2.05) is 48.7 Å². The second-order valence-electron chi connectivity index (χ2n) is 5.43. The number of hydrogen-bond donors (Lipinski definition) is 3. The summed E-state index contributed by atoms with van der Waals surface area (Å²) in [5, 5.41) is 19.6. The van der Waals surface area contributed by atoms with E-state index >= 15 is 0 Å². The van der Waals surface area contributed by atoms with E-state index in [1.54, 1.807) is 18.3 Å². The Labute approximate surface area is 169 Å². The minimum atomic E-state index is -0.926. The SMILES string of the molecule is CCNC(=NCc1ccc(Cl)cc1)NCC(C)(O)c1cccs1.I. The third-order valence-electron chi connectivity index (χ3n) is 3.33. The van der Waals surface area contributed by atoms with Crippen molar-refractivity contribution in [3.8, 4) is 0 Å². The number of halogens is 2. The molecule has 1 aromatic carbocycles. The van der Waals surface area contributed by atoms with Crippen LogP contribution in [0.4, 0.5) is 0 Å². The molecule has 0 aliphatic carbocycles. The van der Waals surface area contributed by atoms with Crippen molar-refractivity contribution >= 4 is 52.9 Å². The summed E-state index contributed by atoms with van der Waals surface area (Å²) in [6, 6.07) is 11.5. The lowest BCUT2D eigenvalue weighted by Crippen LogP contribution is -2.44. The van der Waals surface area contributed by atoms with E-state index in [-0.39, 0.29) is 24.0 Å². The summed E-state index contributed by atoms with van der Waals surface area (Å²) in [4.78, 5) is 5.47. The highest BCUT2D eigenvalue weighted by Gasteiger charge is 2.24. The molecule has 0 saturated heterocycles. The molecule has 0 radical (unpaired) electrons. The van der Waals surface area contributed by atoms with Crippen molar-refractivity contribution in [2.24, 2.45) is 4.99 Å². The molecule has 0 bridgehead atoms. The van der Waals surface area contributed by atoms with Gasteiger partial charge in [0.05, 0.1) is 13.1 Å². The second kappa shape index (κ2) is 10.2. The van der Waals surface area contributed by atoms with Gasteiger partial charge in [0.2, 0.25) is 0 Å². The fourth-order valence-electron chi connectivity index (χ4n) is 2.03. The van der Waals surface area contributed by atoms with Crippen LogP contribution in [-0.2, 0) is 12.1 Å². The number of nitrogens with zero attached hydrogens (tertiary/aromatic N) is 1. The van der Waals surface area contributed by atoms with Gasteiger partial charge >= 0.3 is 0 Å². The minimum Gasteiger partial charge on any atom is -0.383 e. The van der Waals surface area contributed by atoms with Gasteiger partial charge in [-0.25, -0.2) is 4.99 Å². The van der Waals surface area contributed by atoms with E-state index in [1.165, 1.54) is 0 Å². The fourth-order valence-corrected chi connectivity index (χ4v) is 2.94. The third kappa shape index (κ3) is 6.58. The van der Waals surface area contributed by atoms with Crippen LogP contribution >= 0.6 is 46.9 Å². The van der Waals surface area contributed by atoms with Gasteiger partial charge in [0.25, 0.3) is 0 Å². The first kappa shape index (κ1) is 21.2. The molecule has 1 heterocycles. The Hall–Kier alpha value is -0.830. The molecule has 7 heteroatoms. The van der Waals surface area contributed by atoms with Gasteiger partial charge in [0.15, 0.2) is 5.96 Å². The number of hydrogen-bond acceptors (Lipinski definition) is 3. The van der Waals surface area contributed by atoms with Crippen LogP contribution < -0.4 is 10.6 Å². The van der Waals surface area contributed by atoms with E-state index in [2.05, 4.69) is 15.6 Å². The van der Waals surface area contributed by atoms with Crippen LogP contribution in [0.2, 0.25) is 5.02 Å². The molecule has 0 amide bonds. The van der Waals surface area contributed by atoms with Gasteiger partial charge in [-0.05, 0) is 43.0 Å². The largest absolute Gasteiger partial charge is 0.383 e. The van der Waals surface area contributed by atoms with Crippen molar-refractivity contribution in [1.29, 1.82) is 0 Å². The lowest BCUT2D eigenvalue weighted by Gasteiger charge is -2.23. The smallest absolute Gasteiger partial charge is 0.191 e. The van der Waals surface area contributed by atoms with Gasteiger partial charge in [-0.3, -0.25) is 0 Å². The van der Waals surface area contributed by atoms with Crippen LogP contribution in [0.25, 0.3) is 0 Å². The van der Waals surface area contributed by atoms with Gasteiger partial charge in [-0.15, -0.1) is 35.3 Å². The van der Waals surface area contributed by atoms with Crippen molar-refractivity contribution in [2.75, 3.05) is 13.1 Å². The summed E-state index contributed by atoms with van der Waals surface area (Å²) in [5.74, 6) is 0.680. The number of aliphatic imine (C=N–C) groups is 1. The van der Waals surface area contributed by atoms with Crippen LogP contribution in [0.5, 0.6) is 0 Å².